The Balaban J connectivity index is 1.05. The quantitative estimate of drug-likeness (QED) is 0.0455. The molecule has 127 heavy (non-hydrogen) atoms. The predicted molar refractivity (Wildman–Crippen MR) is 447 cm³/mol. The van der Waals surface area contributed by atoms with Crippen LogP contribution in [0.2, 0.25) is 10.0 Å². The first kappa shape index (κ1) is 92.8. The van der Waals surface area contributed by atoms with Gasteiger partial charge in [-0.25, -0.2) is 4.79 Å². The number of aromatic hydroxyl groups is 4. The maximum Gasteiger partial charge on any atom is 0.335 e. The summed E-state index contributed by atoms with van der Waals surface area (Å²) in [5, 5.41) is 161. The molecule has 38 nitrogen and oxygen atoms in total. The van der Waals surface area contributed by atoms with Crippen molar-refractivity contribution >= 4 is 76.4 Å². The highest BCUT2D eigenvalue weighted by Crippen LogP contribution is 2.51. The number of aliphatic hydroxyl groups excluding tert-OH is 7. The third-order valence-corrected chi connectivity index (χ3v) is 23.2. The molecule has 0 radical (unpaired) electrons. The number of rotatable bonds is 21. The van der Waals surface area contributed by atoms with Crippen LogP contribution in [0.1, 0.15) is 140 Å². The zero-order valence-corrected chi connectivity index (χ0v) is 70.5. The lowest BCUT2D eigenvalue weighted by Crippen LogP contribution is -2.66. The number of nitrogens with one attached hydrogen (secondary N) is 9. The standard InChI is InChI=1S/C87H98Cl2N10O28/c1-37(2)12-9-7-6-8-10-13-60(105)93-69-72(108)74(110)77(85(119)120)127-86(69)126-76-57-30-42-31-58(76)123-54-23-18-41(28-49(54)88)70(106)68-84(118)97-66(79(113)91-24-11-25-99(4)5)47-32-43(101)33-56(124-87-75(111)73(109)71(107)59(36-100)125-87)61(47)46-27-39(16-21-51(46)102)64(81(115)98-68)94-82(116)65(42)95-83(117)67-48-34-45(35-53(104)62(48)89)122-55-29-40(17-22-52(55)103)63(90-3)80(114)92-50(78(112)96-67)26-38-14-19-44(121-57)20-15-38/h14-23,27-35,37,50,59,63-75,77,86-87,90,100-104,106-111H,6-13,24-26,36H2,1-5H3,(H,91,113)(H,92,114)(H,93,105)(H,94,116)(H,95,117)(H,96,112)(H,97,118)(H,98,115)(H,119,120)/t50-,59-,63-,64-,65-,66+,67+,68+,69-,70-,71-,72-,73+,74+,75+,77+,86-,87+/m1/s1. The second kappa shape index (κ2) is 40.0. The molecule has 0 saturated carbocycles. The zero-order valence-electron chi connectivity index (χ0n) is 69.0. The minimum absolute atomic E-state index is 0.0944. The molecule has 40 heteroatoms. The number of carbonyl (C=O) groups is 9. The second-order valence-electron chi connectivity index (χ2n) is 32.3. The normalized spacial score (nSPS) is 26.0. The van der Waals surface area contributed by atoms with Gasteiger partial charge >= 0.3 is 5.97 Å². The number of carboxylic acids is 1. The smallest absolute Gasteiger partial charge is 0.335 e. The number of phenolic OH excluding ortho intramolecular Hbond substituents is 4. The van der Waals surface area contributed by atoms with E-state index in [1.165, 1.54) is 49.5 Å². The van der Waals surface area contributed by atoms with Crippen LogP contribution in [-0.4, -0.2) is 234 Å². The summed E-state index contributed by atoms with van der Waals surface area (Å²) in [6.45, 7) is 3.56. The lowest BCUT2D eigenvalue weighted by atomic mass is 9.89. The maximum absolute atomic E-state index is 16.8. The molecule has 8 aliphatic rings. The van der Waals surface area contributed by atoms with Crippen molar-refractivity contribution in [2.75, 3.05) is 40.8 Å². The summed E-state index contributed by atoms with van der Waals surface area (Å²) in [4.78, 5) is 140. The van der Waals surface area contributed by atoms with E-state index in [4.69, 9.17) is 56.4 Å². The molecule has 21 N–H and O–H groups in total. The first-order valence-electron chi connectivity index (χ1n) is 41.0. The molecule has 0 aromatic heterocycles. The summed E-state index contributed by atoms with van der Waals surface area (Å²) in [7, 11) is 4.95. The van der Waals surface area contributed by atoms with Crippen LogP contribution < -0.4 is 71.5 Å². The van der Waals surface area contributed by atoms with Gasteiger partial charge in [0.15, 0.2) is 29.1 Å². The van der Waals surface area contributed by atoms with Gasteiger partial charge in [-0.2, -0.15) is 0 Å². The van der Waals surface area contributed by atoms with Gasteiger partial charge in [0.2, 0.25) is 65.6 Å². The molecule has 8 aliphatic heterocycles. The number of hydrogen-bond acceptors (Lipinski definition) is 29. The molecule has 2 fully saturated rings. The van der Waals surface area contributed by atoms with E-state index in [2.05, 4.69) is 61.7 Å². The number of aliphatic carboxylic acids is 1. The highest BCUT2D eigenvalue weighted by atomic mass is 35.5. The van der Waals surface area contributed by atoms with E-state index in [1.807, 2.05) is 0 Å². The van der Waals surface area contributed by atoms with Crippen molar-refractivity contribution in [3.05, 3.63) is 164 Å². The average Bonchev–Trinajstić information content (AvgIpc) is 0.744. The lowest BCUT2D eigenvalue weighted by molar-refractivity contribution is -0.277. The Morgan fingerprint density at radius 1 is 0.567 bits per heavy atom. The number of carbonyl (C=O) groups excluding carboxylic acids is 8. The fraction of sp³-hybridized carbons (Fsp3) is 0.414. The summed E-state index contributed by atoms with van der Waals surface area (Å²) in [5.41, 5.74) is -2.68. The van der Waals surface area contributed by atoms with Crippen molar-refractivity contribution in [2.24, 2.45) is 5.92 Å². The molecule has 678 valence electrons. The van der Waals surface area contributed by atoms with Gasteiger partial charge in [-0.1, -0.05) is 99.5 Å². The number of halogens is 2. The minimum atomic E-state index is -2.45. The summed E-state index contributed by atoms with van der Waals surface area (Å²) in [6, 6.07) is 5.66. The van der Waals surface area contributed by atoms with Gasteiger partial charge in [0.1, 0.15) is 131 Å². The van der Waals surface area contributed by atoms with Crippen molar-refractivity contribution in [3.8, 4) is 80.1 Å². The molecule has 18 atom stereocenters. The van der Waals surface area contributed by atoms with Crippen LogP contribution in [0.25, 0.3) is 11.1 Å². The van der Waals surface area contributed by atoms with E-state index in [0.717, 1.165) is 98.5 Å². The third-order valence-electron chi connectivity index (χ3n) is 22.5. The molecule has 17 bridgehead atoms. The second-order valence-corrected chi connectivity index (χ2v) is 33.1. The van der Waals surface area contributed by atoms with Crippen LogP contribution in [-0.2, 0) is 59.0 Å². The number of unbranched alkanes of at least 4 members (excludes halogenated alkanes) is 4. The summed E-state index contributed by atoms with van der Waals surface area (Å²) >= 11 is 14.3. The maximum atomic E-state index is 16.8. The summed E-state index contributed by atoms with van der Waals surface area (Å²) in [6.07, 6.45) is -16.9. The van der Waals surface area contributed by atoms with Gasteiger partial charge < -0.3 is 147 Å². The number of aliphatic hydroxyl groups is 7. The van der Waals surface area contributed by atoms with Crippen LogP contribution in [0.5, 0.6) is 69.0 Å². The van der Waals surface area contributed by atoms with Gasteiger partial charge in [-0.05, 0) is 153 Å². The van der Waals surface area contributed by atoms with E-state index < -0.39 is 271 Å². The molecule has 0 aliphatic carbocycles. The number of fused-ring (bicyclic) bond motifs is 14. The Labute approximate surface area is 735 Å². The predicted octanol–water partition coefficient (Wildman–Crippen LogP) is 3.78. The number of likely N-dealkylation sites (N-methyl/N-ethyl adjacent to an activating group) is 1. The molecule has 15 rings (SSSR count). The Morgan fingerprint density at radius 2 is 1.22 bits per heavy atom. The minimum Gasteiger partial charge on any atom is -0.508 e. The Bertz CT molecular complexity index is 5320. The van der Waals surface area contributed by atoms with Crippen LogP contribution in [0.15, 0.2) is 115 Å². The molecule has 7 aromatic rings. The number of hydrogen-bond donors (Lipinski definition) is 21. The molecular formula is C87H98Cl2N10O28. The molecule has 8 heterocycles. The fourth-order valence-corrected chi connectivity index (χ4v) is 16.2. The Hall–Kier alpha value is -11.9. The van der Waals surface area contributed by atoms with Gasteiger partial charge in [-0.3, -0.25) is 38.4 Å². The molecule has 7 aromatic carbocycles. The van der Waals surface area contributed by atoms with Crippen molar-refractivity contribution in [1.82, 2.24) is 52.8 Å². The zero-order chi connectivity index (χ0) is 91.3. The average molecular weight is 1800 g/mol. The number of nitrogens with zero attached hydrogens (tertiary/aromatic N) is 1. The number of carboxylic acid groups (broad SMARTS) is 1. The van der Waals surface area contributed by atoms with Crippen molar-refractivity contribution in [2.45, 2.75) is 181 Å². The van der Waals surface area contributed by atoms with E-state index in [0.29, 0.717) is 30.9 Å². The third kappa shape index (κ3) is 20.9. The van der Waals surface area contributed by atoms with Crippen LogP contribution >= 0.6 is 23.2 Å². The number of phenols is 4. The molecule has 0 unspecified atom stereocenters. The number of benzene rings is 7. The first-order valence-corrected chi connectivity index (χ1v) is 41.8. The molecule has 0 spiro atoms. The molecular weight excluding hydrogens is 1700 g/mol. The SMILES string of the molecule is CN[C@H]1C(=O)N[C@@H]2Cc3ccc(cc3)Oc3cc4cc(c3O[C@@H]3O[C@H](C(=O)O)[C@@H](O)[C@H](O)[C@H]3NC(=O)CCCCCCCC(C)C)Oc3ccc(cc3Cl)[C@@H](O)[C@@H]3NC(=O)[C@H](NC(=O)[C@@H]4NC(=O)[C@@H](NC2=O)c2cc(cc(O)c2Cl)Oc2cc1ccc2O)c1ccc(O)c(c1)-c1c(O[C@H]2O[C@H](CO)[C@@H](O)[C@H](O)[C@@H]2O)cc(O)cc1[C@@H](C(=O)NCCCN(C)C)NC3=O. The van der Waals surface area contributed by atoms with Crippen molar-refractivity contribution < 1.29 is 138 Å². The van der Waals surface area contributed by atoms with Gasteiger partial charge in [-0.15, -0.1) is 0 Å². The summed E-state index contributed by atoms with van der Waals surface area (Å²) in [5.74, 6) is -17.5. The van der Waals surface area contributed by atoms with Crippen LogP contribution in [0.4, 0.5) is 0 Å². The topological polar surface area (TPSA) is 573 Å². The van der Waals surface area contributed by atoms with Crippen LogP contribution in [0, 0.1) is 5.92 Å². The molecule has 2 saturated heterocycles. The van der Waals surface area contributed by atoms with Gasteiger partial charge in [0.05, 0.1) is 16.7 Å². The van der Waals surface area contributed by atoms with E-state index >= 15 is 28.8 Å². The Kier molecular flexibility index (Phi) is 29.2. The molecule has 8 amide bonds. The number of amides is 8. The van der Waals surface area contributed by atoms with Gasteiger partial charge in [0, 0.05) is 48.2 Å². The largest absolute Gasteiger partial charge is 0.508 e. The summed E-state index contributed by atoms with van der Waals surface area (Å²) < 4.78 is 44.5. The highest BCUT2D eigenvalue weighted by Gasteiger charge is 2.52. The first-order chi connectivity index (χ1) is 60.6. The van der Waals surface area contributed by atoms with Gasteiger partial charge in [0.25, 0.3) is 0 Å². The van der Waals surface area contributed by atoms with E-state index in [-0.39, 0.29) is 47.8 Å². The number of ether oxygens (including phenoxy) is 7. The van der Waals surface area contributed by atoms with Crippen molar-refractivity contribution in [3.63, 3.8) is 0 Å². The lowest BCUT2D eigenvalue weighted by Gasteiger charge is -2.41. The monoisotopic (exact) mass is 1800 g/mol. The van der Waals surface area contributed by atoms with E-state index in [9.17, 15) is 75.7 Å². The Morgan fingerprint density at radius 3 is 1.92 bits per heavy atom. The van der Waals surface area contributed by atoms with Crippen LogP contribution in [0.3, 0.4) is 0 Å². The fourth-order valence-electron chi connectivity index (χ4n) is 15.7. The van der Waals surface area contributed by atoms with E-state index in [1.54, 1.807) is 19.0 Å². The van der Waals surface area contributed by atoms with Crippen molar-refractivity contribution in [1.29, 1.82) is 0 Å². The highest BCUT2D eigenvalue weighted by molar-refractivity contribution is 6.33.